The molecule has 142 valence electrons. The number of rotatable bonds is 2. The molecule has 1 aliphatic heterocycles. The lowest BCUT2D eigenvalue weighted by Gasteiger charge is -2.34. The van der Waals surface area contributed by atoms with Gasteiger partial charge in [-0.3, -0.25) is 0 Å². The molecular formula is C20H30N4O2. The summed E-state index contributed by atoms with van der Waals surface area (Å²) < 4.78 is 7.58. The van der Waals surface area contributed by atoms with Crippen molar-refractivity contribution in [2.45, 2.75) is 58.1 Å². The second-order valence-electron chi connectivity index (χ2n) is 8.32. The molecule has 26 heavy (non-hydrogen) atoms. The molecule has 0 bridgehead atoms. The summed E-state index contributed by atoms with van der Waals surface area (Å²) in [4.78, 5) is 18.9. The molecule has 2 aromatic rings. The van der Waals surface area contributed by atoms with Gasteiger partial charge in [0, 0.05) is 32.4 Å². The van der Waals surface area contributed by atoms with Gasteiger partial charge in [0.1, 0.15) is 5.60 Å². The molecule has 0 aliphatic carbocycles. The summed E-state index contributed by atoms with van der Waals surface area (Å²) in [6.45, 7) is 9.07. The van der Waals surface area contributed by atoms with E-state index in [-0.39, 0.29) is 12.1 Å². The Morgan fingerprint density at radius 3 is 2.58 bits per heavy atom. The van der Waals surface area contributed by atoms with Crippen molar-refractivity contribution in [1.29, 1.82) is 0 Å². The van der Waals surface area contributed by atoms with Gasteiger partial charge in [0.15, 0.2) is 0 Å². The monoisotopic (exact) mass is 358 g/mol. The maximum atomic E-state index is 12.3. The third kappa shape index (κ3) is 3.85. The highest BCUT2D eigenvalue weighted by atomic mass is 16.6. The van der Waals surface area contributed by atoms with Crippen molar-refractivity contribution in [3.05, 3.63) is 29.6 Å². The lowest BCUT2D eigenvalue weighted by atomic mass is 9.87. The summed E-state index contributed by atoms with van der Waals surface area (Å²) in [7, 11) is 2.03. The maximum Gasteiger partial charge on any atom is 0.410 e. The van der Waals surface area contributed by atoms with Gasteiger partial charge in [0.25, 0.3) is 0 Å². The van der Waals surface area contributed by atoms with E-state index in [1.165, 1.54) is 5.56 Å². The van der Waals surface area contributed by atoms with Crippen molar-refractivity contribution < 1.29 is 9.53 Å². The van der Waals surface area contributed by atoms with Gasteiger partial charge in [-0.05, 0) is 64.2 Å². The summed E-state index contributed by atoms with van der Waals surface area (Å²) in [5.41, 5.74) is 10.0. The number of amides is 1. The van der Waals surface area contributed by atoms with E-state index in [4.69, 9.17) is 15.5 Å². The number of pyridine rings is 1. The zero-order chi connectivity index (χ0) is 19.1. The Kier molecular flexibility index (Phi) is 4.97. The molecule has 6 nitrogen and oxygen atoms in total. The molecule has 1 atom stereocenters. The molecule has 0 aromatic carbocycles. The van der Waals surface area contributed by atoms with Crippen LogP contribution in [0, 0.1) is 0 Å². The topological polar surface area (TPSA) is 73.4 Å². The smallest absolute Gasteiger partial charge is 0.410 e. The maximum absolute atomic E-state index is 12.3. The molecule has 3 rings (SSSR count). The zero-order valence-electron chi connectivity index (χ0n) is 16.5. The molecule has 2 N–H and O–H groups in total. The standard InChI is InChI=1S/C20H30N4O2/c1-13(21)18-15(12-17-16(22-18)8-9-23(17)5)14-6-10-24(11-7-14)19(25)26-20(2,3)4/h8-9,12-14H,6-7,10-11,21H2,1-5H3. The number of nitrogens with two attached hydrogens (primary N) is 1. The summed E-state index contributed by atoms with van der Waals surface area (Å²) in [5.74, 6) is 0.362. The van der Waals surface area contributed by atoms with Gasteiger partial charge in [0.05, 0.1) is 16.7 Å². The molecule has 6 heteroatoms. The second-order valence-corrected chi connectivity index (χ2v) is 8.32. The SMILES string of the molecule is CC(N)c1nc2ccn(C)c2cc1C1CCN(C(=O)OC(C)(C)C)CC1. The van der Waals surface area contributed by atoms with Crippen LogP contribution in [0.2, 0.25) is 0 Å². The van der Waals surface area contributed by atoms with Gasteiger partial charge in [-0.15, -0.1) is 0 Å². The van der Waals surface area contributed by atoms with Crippen LogP contribution in [-0.2, 0) is 11.8 Å². The largest absolute Gasteiger partial charge is 0.444 e. The minimum Gasteiger partial charge on any atom is -0.444 e. The van der Waals surface area contributed by atoms with Crippen molar-refractivity contribution in [3.8, 4) is 0 Å². The van der Waals surface area contributed by atoms with Gasteiger partial charge >= 0.3 is 6.09 Å². The minimum atomic E-state index is -0.461. The number of likely N-dealkylation sites (tertiary alicyclic amines) is 1. The van der Waals surface area contributed by atoms with Crippen molar-refractivity contribution in [1.82, 2.24) is 14.5 Å². The van der Waals surface area contributed by atoms with Crippen LogP contribution in [0.1, 0.15) is 63.8 Å². The molecule has 0 spiro atoms. The first-order valence-corrected chi connectivity index (χ1v) is 9.35. The highest BCUT2D eigenvalue weighted by Gasteiger charge is 2.29. The highest BCUT2D eigenvalue weighted by Crippen LogP contribution is 2.34. The fourth-order valence-electron chi connectivity index (χ4n) is 3.61. The van der Waals surface area contributed by atoms with Crippen molar-refractivity contribution in [2.75, 3.05) is 13.1 Å². The Labute approximate surface area is 155 Å². The van der Waals surface area contributed by atoms with Gasteiger partial charge < -0.3 is 19.9 Å². The fraction of sp³-hybridized carbons (Fsp3) is 0.600. The Morgan fingerprint density at radius 2 is 2.00 bits per heavy atom. The third-order valence-electron chi connectivity index (χ3n) is 4.95. The van der Waals surface area contributed by atoms with Crippen LogP contribution in [0.4, 0.5) is 4.79 Å². The van der Waals surface area contributed by atoms with Crippen LogP contribution in [0.3, 0.4) is 0 Å². The van der Waals surface area contributed by atoms with Gasteiger partial charge in [-0.2, -0.15) is 0 Å². The van der Waals surface area contributed by atoms with Crippen molar-refractivity contribution in [2.24, 2.45) is 12.8 Å². The van der Waals surface area contributed by atoms with E-state index in [1.54, 1.807) is 0 Å². The van der Waals surface area contributed by atoms with Crippen molar-refractivity contribution >= 4 is 17.1 Å². The number of aryl methyl sites for hydroxylation is 1. The van der Waals surface area contributed by atoms with E-state index in [9.17, 15) is 4.79 Å². The normalized spacial score (nSPS) is 17.5. The number of ether oxygens (including phenoxy) is 1. The Bertz CT molecular complexity index is 796. The van der Waals surface area contributed by atoms with Crippen LogP contribution >= 0.6 is 0 Å². The average molecular weight is 358 g/mol. The predicted octanol–water partition coefficient (Wildman–Crippen LogP) is 3.71. The Hall–Kier alpha value is -2.08. The zero-order valence-corrected chi connectivity index (χ0v) is 16.5. The van der Waals surface area contributed by atoms with Crippen LogP contribution in [0.15, 0.2) is 18.3 Å². The molecule has 0 radical (unpaired) electrons. The van der Waals surface area contributed by atoms with E-state index in [2.05, 4.69) is 10.6 Å². The van der Waals surface area contributed by atoms with E-state index in [0.29, 0.717) is 19.0 Å². The molecule has 1 saturated heterocycles. The molecule has 1 fully saturated rings. The van der Waals surface area contributed by atoms with Gasteiger partial charge in [0.2, 0.25) is 0 Å². The molecule has 1 unspecified atom stereocenters. The number of carbonyl (C=O) groups excluding carboxylic acids is 1. The molecule has 1 aliphatic rings. The highest BCUT2D eigenvalue weighted by molar-refractivity contribution is 5.77. The van der Waals surface area contributed by atoms with Gasteiger partial charge in [-0.1, -0.05) is 0 Å². The van der Waals surface area contributed by atoms with Gasteiger partial charge in [-0.25, -0.2) is 9.78 Å². The summed E-state index contributed by atoms with van der Waals surface area (Å²) >= 11 is 0. The number of aromatic nitrogens is 2. The first-order valence-electron chi connectivity index (χ1n) is 9.35. The molecular weight excluding hydrogens is 328 g/mol. The first-order chi connectivity index (χ1) is 12.2. The third-order valence-corrected chi connectivity index (χ3v) is 4.95. The first kappa shape index (κ1) is 18.7. The molecule has 0 saturated carbocycles. The summed E-state index contributed by atoms with van der Waals surface area (Å²) in [6, 6.07) is 4.14. The van der Waals surface area contributed by atoms with E-state index >= 15 is 0 Å². The number of hydrogen-bond acceptors (Lipinski definition) is 4. The molecule has 2 aromatic heterocycles. The number of carbonyl (C=O) groups is 1. The summed E-state index contributed by atoms with van der Waals surface area (Å²) in [6.07, 6.45) is 3.60. The van der Waals surface area contributed by atoms with Crippen LogP contribution in [0.5, 0.6) is 0 Å². The van der Waals surface area contributed by atoms with E-state index in [1.807, 2.05) is 51.9 Å². The number of piperidine rings is 1. The predicted molar refractivity (Wildman–Crippen MR) is 103 cm³/mol. The lowest BCUT2D eigenvalue weighted by Crippen LogP contribution is -2.41. The molecule has 3 heterocycles. The van der Waals surface area contributed by atoms with Crippen LogP contribution in [0.25, 0.3) is 11.0 Å². The van der Waals surface area contributed by atoms with Crippen molar-refractivity contribution in [3.63, 3.8) is 0 Å². The number of fused-ring (bicyclic) bond motifs is 1. The van der Waals surface area contributed by atoms with E-state index in [0.717, 1.165) is 29.6 Å². The lowest BCUT2D eigenvalue weighted by molar-refractivity contribution is 0.0204. The second kappa shape index (κ2) is 6.91. The Morgan fingerprint density at radius 1 is 1.35 bits per heavy atom. The van der Waals surface area contributed by atoms with Crippen LogP contribution < -0.4 is 5.73 Å². The summed E-state index contributed by atoms with van der Waals surface area (Å²) in [5, 5.41) is 0. The fourth-order valence-corrected chi connectivity index (χ4v) is 3.61. The minimum absolute atomic E-state index is 0.113. The quantitative estimate of drug-likeness (QED) is 0.888. The number of nitrogens with zero attached hydrogens (tertiary/aromatic N) is 3. The average Bonchev–Trinajstić information content (AvgIpc) is 2.93. The number of hydrogen-bond donors (Lipinski definition) is 1. The van der Waals surface area contributed by atoms with Crippen LogP contribution in [-0.4, -0.2) is 39.2 Å². The van der Waals surface area contributed by atoms with E-state index < -0.39 is 5.60 Å². The Balaban J connectivity index is 1.79. The molecule has 1 amide bonds.